The van der Waals surface area contributed by atoms with Crippen molar-refractivity contribution in [2.45, 2.75) is 63.8 Å². The smallest absolute Gasteiger partial charge is 0.321 e. The van der Waals surface area contributed by atoms with Crippen LogP contribution in [0, 0.1) is 5.92 Å². The number of aromatic nitrogens is 1. The zero-order valence-corrected chi connectivity index (χ0v) is 15.0. The van der Waals surface area contributed by atoms with Crippen molar-refractivity contribution in [1.82, 2.24) is 15.6 Å². The second kappa shape index (κ2) is 7.96. The third kappa shape index (κ3) is 4.26. The summed E-state index contributed by atoms with van der Waals surface area (Å²) in [6.07, 6.45) is 9.14. The summed E-state index contributed by atoms with van der Waals surface area (Å²) in [6.45, 7) is 0. The lowest BCUT2D eigenvalue weighted by atomic mass is 9.85. The number of nitrogens with zero attached hydrogens (tertiary/aromatic N) is 1. The average molecular weight is 350 g/mol. The van der Waals surface area contributed by atoms with Crippen molar-refractivity contribution in [2.24, 2.45) is 5.92 Å². The Morgan fingerprint density at radius 1 is 1.08 bits per heavy atom. The third-order valence-electron chi connectivity index (χ3n) is 5.00. The van der Waals surface area contributed by atoms with Gasteiger partial charge in [-0.15, -0.1) is 11.3 Å². The number of fused-ring (bicyclic) bond motifs is 1. The molecule has 0 atom stereocenters. The first-order valence-corrected chi connectivity index (χ1v) is 9.75. The van der Waals surface area contributed by atoms with Gasteiger partial charge in [0.05, 0.1) is 5.69 Å². The normalized spacial score (nSPS) is 23.7. The van der Waals surface area contributed by atoms with E-state index >= 15 is 0 Å². The van der Waals surface area contributed by atoms with Crippen molar-refractivity contribution in [2.75, 3.05) is 12.4 Å². The summed E-state index contributed by atoms with van der Waals surface area (Å²) in [4.78, 5) is 29.7. The molecule has 0 aromatic carbocycles. The van der Waals surface area contributed by atoms with Gasteiger partial charge in [-0.3, -0.25) is 10.1 Å². The molecular formula is C17H26N4O2S. The van der Waals surface area contributed by atoms with Crippen molar-refractivity contribution >= 4 is 28.4 Å². The summed E-state index contributed by atoms with van der Waals surface area (Å²) in [7, 11) is 1.68. The monoisotopic (exact) mass is 350 g/mol. The molecule has 0 spiro atoms. The highest BCUT2D eigenvalue weighted by molar-refractivity contribution is 7.15. The highest BCUT2D eigenvalue weighted by atomic mass is 32.1. The Morgan fingerprint density at radius 3 is 2.58 bits per heavy atom. The first kappa shape index (κ1) is 17.2. The van der Waals surface area contributed by atoms with E-state index in [0.29, 0.717) is 5.13 Å². The quantitative estimate of drug-likeness (QED) is 0.733. The fourth-order valence-corrected chi connectivity index (χ4v) is 4.65. The van der Waals surface area contributed by atoms with Crippen molar-refractivity contribution in [1.29, 1.82) is 0 Å². The number of aryl methyl sites for hydroxylation is 2. The predicted octanol–water partition coefficient (Wildman–Crippen LogP) is 2.84. The van der Waals surface area contributed by atoms with Crippen LogP contribution in [0.15, 0.2) is 0 Å². The first-order valence-electron chi connectivity index (χ1n) is 8.93. The topological polar surface area (TPSA) is 83.1 Å². The van der Waals surface area contributed by atoms with Gasteiger partial charge in [0.1, 0.15) is 0 Å². The minimum Gasteiger partial charge on any atom is -0.359 e. The molecule has 0 radical (unpaired) electrons. The van der Waals surface area contributed by atoms with Crippen LogP contribution < -0.4 is 16.0 Å². The third-order valence-corrected chi connectivity index (χ3v) is 6.07. The summed E-state index contributed by atoms with van der Waals surface area (Å²) < 4.78 is 0. The lowest BCUT2D eigenvalue weighted by Crippen LogP contribution is -2.42. The molecule has 132 valence electrons. The first-order chi connectivity index (χ1) is 11.7. The molecule has 1 heterocycles. The van der Waals surface area contributed by atoms with Gasteiger partial charge < -0.3 is 10.6 Å². The molecule has 6 nitrogen and oxygen atoms in total. The van der Waals surface area contributed by atoms with Crippen LogP contribution in [-0.4, -0.2) is 30.0 Å². The van der Waals surface area contributed by atoms with Gasteiger partial charge in [-0.05, 0) is 51.4 Å². The molecule has 1 fully saturated rings. The number of anilines is 1. The number of hydrogen-bond acceptors (Lipinski definition) is 4. The van der Waals surface area contributed by atoms with E-state index in [1.165, 1.54) is 29.8 Å². The maximum Gasteiger partial charge on any atom is 0.321 e. The Hall–Kier alpha value is -1.63. The molecule has 3 N–H and O–H groups in total. The molecule has 1 aromatic heterocycles. The molecule has 3 rings (SSSR count). The molecule has 1 saturated carbocycles. The van der Waals surface area contributed by atoms with Crippen LogP contribution in [0.2, 0.25) is 0 Å². The molecule has 1 aromatic rings. The summed E-state index contributed by atoms with van der Waals surface area (Å²) in [6, 6.07) is -0.0361. The number of carbonyl (C=O) groups is 2. The SMILES string of the molecule is CNC(=O)C1CCC(NC(=O)Nc2nc3c(s2)CCCCC3)CC1. The number of amides is 3. The summed E-state index contributed by atoms with van der Waals surface area (Å²) in [5.74, 6) is 0.202. The Balaban J connectivity index is 1.47. The van der Waals surface area contributed by atoms with Crippen LogP contribution >= 0.6 is 11.3 Å². The highest BCUT2D eigenvalue weighted by Gasteiger charge is 2.26. The highest BCUT2D eigenvalue weighted by Crippen LogP contribution is 2.29. The molecule has 3 amide bonds. The van der Waals surface area contributed by atoms with E-state index < -0.39 is 0 Å². The fourth-order valence-electron chi connectivity index (χ4n) is 3.60. The maximum absolute atomic E-state index is 12.2. The molecule has 24 heavy (non-hydrogen) atoms. The second-order valence-corrected chi connectivity index (χ2v) is 7.79. The Kier molecular flexibility index (Phi) is 5.71. The van der Waals surface area contributed by atoms with Crippen molar-refractivity contribution in [3.8, 4) is 0 Å². The molecule has 2 aliphatic rings. The van der Waals surface area contributed by atoms with Gasteiger partial charge in [-0.1, -0.05) is 6.42 Å². The van der Waals surface area contributed by atoms with Gasteiger partial charge in [0.25, 0.3) is 0 Å². The van der Waals surface area contributed by atoms with Crippen molar-refractivity contribution < 1.29 is 9.59 Å². The molecule has 0 aliphatic heterocycles. The molecular weight excluding hydrogens is 324 g/mol. The summed E-state index contributed by atoms with van der Waals surface area (Å²) in [5.41, 5.74) is 1.17. The Morgan fingerprint density at radius 2 is 1.83 bits per heavy atom. The van der Waals surface area contributed by atoms with Crippen LogP contribution in [0.1, 0.15) is 55.5 Å². The number of thiazole rings is 1. The van der Waals surface area contributed by atoms with E-state index in [9.17, 15) is 9.59 Å². The van der Waals surface area contributed by atoms with E-state index in [-0.39, 0.29) is 23.9 Å². The van der Waals surface area contributed by atoms with E-state index in [1.54, 1.807) is 18.4 Å². The van der Waals surface area contributed by atoms with Crippen molar-refractivity contribution in [3.63, 3.8) is 0 Å². The number of urea groups is 1. The predicted molar refractivity (Wildman–Crippen MR) is 95.3 cm³/mol. The van der Waals surface area contributed by atoms with Gasteiger partial charge >= 0.3 is 6.03 Å². The lowest BCUT2D eigenvalue weighted by Gasteiger charge is -2.27. The zero-order valence-electron chi connectivity index (χ0n) is 14.2. The summed E-state index contributed by atoms with van der Waals surface area (Å²) in [5, 5.41) is 9.33. The van der Waals surface area contributed by atoms with Crippen LogP contribution in [0.25, 0.3) is 0 Å². The minimum atomic E-state index is -0.178. The lowest BCUT2D eigenvalue weighted by molar-refractivity contribution is -0.125. The molecule has 0 unspecified atom stereocenters. The second-order valence-electron chi connectivity index (χ2n) is 6.71. The van der Waals surface area contributed by atoms with Gasteiger partial charge in [0, 0.05) is 23.9 Å². The van der Waals surface area contributed by atoms with Gasteiger partial charge in [0.15, 0.2) is 5.13 Å². The molecule has 7 heteroatoms. The number of hydrogen-bond donors (Lipinski definition) is 3. The largest absolute Gasteiger partial charge is 0.359 e. The standard InChI is InChI=1S/C17H26N4O2S/c1-18-15(22)11-7-9-12(10-8-11)19-16(23)21-17-20-13-5-3-2-4-6-14(13)24-17/h11-12H,2-10H2,1H3,(H,18,22)(H2,19,20,21,23). The number of carbonyl (C=O) groups excluding carboxylic acids is 2. The molecule has 2 aliphatic carbocycles. The van der Waals surface area contributed by atoms with E-state index in [1.807, 2.05) is 0 Å². The number of nitrogens with one attached hydrogen (secondary N) is 3. The summed E-state index contributed by atoms with van der Waals surface area (Å²) >= 11 is 1.61. The van der Waals surface area contributed by atoms with Crippen LogP contribution in [0.3, 0.4) is 0 Å². The van der Waals surface area contributed by atoms with Crippen LogP contribution in [0.4, 0.5) is 9.93 Å². The molecule has 0 bridgehead atoms. The van der Waals surface area contributed by atoms with Gasteiger partial charge in [-0.25, -0.2) is 9.78 Å². The van der Waals surface area contributed by atoms with Crippen LogP contribution in [0.5, 0.6) is 0 Å². The van der Waals surface area contributed by atoms with Crippen LogP contribution in [-0.2, 0) is 17.6 Å². The zero-order chi connectivity index (χ0) is 16.9. The Bertz CT molecular complexity index is 570. The fraction of sp³-hybridized carbons (Fsp3) is 0.706. The average Bonchev–Trinajstić information content (AvgIpc) is 2.82. The van der Waals surface area contributed by atoms with E-state index in [2.05, 4.69) is 20.9 Å². The van der Waals surface area contributed by atoms with E-state index in [0.717, 1.165) is 38.5 Å². The Labute approximate surface area is 146 Å². The van der Waals surface area contributed by atoms with E-state index in [4.69, 9.17) is 0 Å². The van der Waals surface area contributed by atoms with Gasteiger partial charge in [0.2, 0.25) is 5.91 Å². The number of rotatable bonds is 3. The van der Waals surface area contributed by atoms with Crippen molar-refractivity contribution in [3.05, 3.63) is 10.6 Å². The minimum absolute atomic E-state index is 0.0886. The maximum atomic E-state index is 12.2. The molecule has 0 saturated heterocycles. The van der Waals surface area contributed by atoms with Gasteiger partial charge in [-0.2, -0.15) is 0 Å².